The number of carboxylic acid groups (broad SMARTS) is 1. The predicted octanol–water partition coefficient (Wildman–Crippen LogP) is 3.93. The lowest BCUT2D eigenvalue weighted by molar-refractivity contribution is -0.144. The molecule has 2 aliphatic rings. The molecule has 2 aliphatic heterocycles. The molecule has 0 spiro atoms. The van der Waals surface area contributed by atoms with Crippen molar-refractivity contribution in [3.63, 3.8) is 0 Å². The summed E-state index contributed by atoms with van der Waals surface area (Å²) < 4.78 is 28.8. The van der Waals surface area contributed by atoms with Crippen LogP contribution in [0.4, 0.5) is 4.79 Å². The second kappa shape index (κ2) is 12.3. The lowest BCUT2D eigenvalue weighted by Gasteiger charge is -2.40. The molecule has 5 rings (SSSR count). The van der Waals surface area contributed by atoms with Gasteiger partial charge in [0.15, 0.2) is 0 Å². The highest BCUT2D eigenvalue weighted by molar-refractivity contribution is 7.89. The lowest BCUT2D eigenvalue weighted by Crippen LogP contribution is -2.56. The van der Waals surface area contributed by atoms with Crippen LogP contribution in [0.1, 0.15) is 31.7 Å². The number of piperidine rings is 1. The Morgan fingerprint density at radius 3 is 2.50 bits per heavy atom. The number of nitrogens with zero attached hydrogens (tertiary/aromatic N) is 3. The number of carbonyl (C=O) groups excluding carboxylic acids is 2. The third kappa shape index (κ3) is 6.38. The minimum atomic E-state index is -4.01. The zero-order valence-electron chi connectivity index (χ0n) is 23.1. The highest BCUT2D eigenvalue weighted by Gasteiger charge is 2.41. The molecule has 3 atom stereocenters. The van der Waals surface area contributed by atoms with Gasteiger partial charge < -0.3 is 14.9 Å². The average Bonchev–Trinajstić information content (AvgIpc) is 3.34. The summed E-state index contributed by atoms with van der Waals surface area (Å²) in [5.41, 5.74) is 0.862. The van der Waals surface area contributed by atoms with E-state index in [2.05, 4.69) is 4.72 Å². The Hall–Kier alpha value is -3.67. The summed E-state index contributed by atoms with van der Waals surface area (Å²) in [7, 11) is -4.01. The molecule has 0 bridgehead atoms. The molecule has 12 heteroatoms. The third-order valence-corrected chi connectivity index (χ3v) is 9.74. The van der Waals surface area contributed by atoms with Gasteiger partial charge in [0.2, 0.25) is 21.8 Å². The van der Waals surface area contributed by atoms with Gasteiger partial charge in [0.05, 0.1) is 10.9 Å². The number of amides is 3. The molecule has 3 amide bonds. The highest BCUT2D eigenvalue weighted by Crippen LogP contribution is 2.25. The first-order chi connectivity index (χ1) is 20.0. The largest absolute Gasteiger partial charge is 0.465 e. The second-order valence-electron chi connectivity index (χ2n) is 10.8. The van der Waals surface area contributed by atoms with Crippen molar-refractivity contribution in [3.8, 4) is 0 Å². The van der Waals surface area contributed by atoms with Gasteiger partial charge in [-0.15, -0.1) is 0 Å². The average molecular weight is 613 g/mol. The Balaban J connectivity index is 1.23. The number of nitrogens with one attached hydrogen (secondary N) is 1. The Kier molecular flexibility index (Phi) is 8.72. The van der Waals surface area contributed by atoms with Crippen molar-refractivity contribution in [1.82, 2.24) is 19.4 Å². The van der Waals surface area contributed by atoms with Gasteiger partial charge in [-0.05, 0) is 66.8 Å². The second-order valence-corrected chi connectivity index (χ2v) is 13.0. The van der Waals surface area contributed by atoms with Crippen LogP contribution in [-0.2, 0) is 26.2 Å². The maximum absolute atomic E-state index is 13.5. The number of benzene rings is 3. The van der Waals surface area contributed by atoms with Gasteiger partial charge in [0.1, 0.15) is 12.1 Å². The molecule has 10 nitrogen and oxygen atoms in total. The number of carbonyl (C=O) groups is 3. The topological polar surface area (TPSA) is 127 Å². The van der Waals surface area contributed by atoms with Crippen molar-refractivity contribution < 1.29 is 27.9 Å². The first-order valence-electron chi connectivity index (χ1n) is 13.9. The summed E-state index contributed by atoms with van der Waals surface area (Å²) in [5.74, 6) is -0.744. The summed E-state index contributed by atoms with van der Waals surface area (Å²) in [5, 5.41) is 11.9. The van der Waals surface area contributed by atoms with Crippen LogP contribution in [0.3, 0.4) is 0 Å². The van der Waals surface area contributed by atoms with E-state index >= 15 is 0 Å². The summed E-state index contributed by atoms with van der Waals surface area (Å²) in [6.45, 7) is 2.77. The molecule has 2 saturated heterocycles. The maximum atomic E-state index is 13.5. The standard InChI is InChI=1S/C30H33ClN4O6S/c1-20(28(36)33-14-5-8-25(19-33)35(30(38)39)18-21-6-3-2-4-7-21)34-15-13-27(29(34)37)32-42(40,41)26-12-10-22-16-24(31)11-9-23(22)17-26/h2-4,6-7,9-12,16-17,20,25,27,32H,5,8,13-15,18-19H2,1H3,(H,38,39)/t20-,25+,27-/m0/s1. The van der Waals surface area contributed by atoms with E-state index in [1.165, 1.54) is 21.9 Å². The van der Waals surface area contributed by atoms with Gasteiger partial charge in [-0.2, -0.15) is 4.72 Å². The van der Waals surface area contributed by atoms with Gasteiger partial charge in [-0.1, -0.05) is 54.1 Å². The molecule has 42 heavy (non-hydrogen) atoms. The highest BCUT2D eigenvalue weighted by atomic mass is 35.5. The zero-order valence-corrected chi connectivity index (χ0v) is 24.7. The molecular formula is C30H33ClN4O6S. The van der Waals surface area contributed by atoms with Crippen LogP contribution in [-0.4, -0.2) is 83.9 Å². The number of hydrogen-bond acceptors (Lipinski definition) is 5. The summed E-state index contributed by atoms with van der Waals surface area (Å²) in [6, 6.07) is 16.9. The maximum Gasteiger partial charge on any atom is 0.407 e. The molecule has 222 valence electrons. The predicted molar refractivity (Wildman–Crippen MR) is 158 cm³/mol. The Bertz CT molecular complexity index is 1600. The van der Waals surface area contributed by atoms with Gasteiger partial charge in [-0.25, -0.2) is 13.2 Å². The van der Waals surface area contributed by atoms with Crippen LogP contribution in [0.5, 0.6) is 0 Å². The zero-order chi connectivity index (χ0) is 30.0. The SMILES string of the molecule is C[C@@H](C(=O)N1CCC[C@@H](N(Cc2ccccc2)C(=O)O)C1)N1CC[C@H](NS(=O)(=O)c2ccc3cc(Cl)ccc3c2)C1=O. The third-order valence-electron chi connectivity index (χ3n) is 8.04. The number of halogens is 1. The van der Waals surface area contributed by atoms with E-state index in [0.717, 1.165) is 10.9 Å². The fourth-order valence-corrected chi connectivity index (χ4v) is 7.19. The molecular weight excluding hydrogens is 580 g/mol. The normalized spacial score (nSPS) is 20.1. The lowest BCUT2D eigenvalue weighted by atomic mass is 10.0. The smallest absolute Gasteiger partial charge is 0.407 e. The minimum Gasteiger partial charge on any atom is -0.465 e. The van der Waals surface area contributed by atoms with E-state index in [9.17, 15) is 27.9 Å². The molecule has 3 aromatic carbocycles. The van der Waals surface area contributed by atoms with Crippen LogP contribution in [0, 0.1) is 0 Å². The van der Waals surface area contributed by atoms with Crippen molar-refractivity contribution >= 4 is 50.3 Å². The summed E-state index contributed by atoms with van der Waals surface area (Å²) in [6.07, 6.45) is 0.443. The monoisotopic (exact) mass is 612 g/mol. The molecule has 0 unspecified atom stereocenters. The molecule has 3 aromatic rings. The van der Waals surface area contributed by atoms with Crippen molar-refractivity contribution in [1.29, 1.82) is 0 Å². The first kappa shape index (κ1) is 29.8. The van der Waals surface area contributed by atoms with Crippen molar-refractivity contribution in [2.75, 3.05) is 19.6 Å². The van der Waals surface area contributed by atoms with Crippen molar-refractivity contribution in [3.05, 3.63) is 77.3 Å². The number of rotatable bonds is 8. The van der Waals surface area contributed by atoms with Crippen molar-refractivity contribution in [2.45, 2.75) is 55.8 Å². The number of sulfonamides is 1. The van der Waals surface area contributed by atoms with E-state index in [1.54, 1.807) is 36.1 Å². The van der Waals surface area contributed by atoms with Gasteiger partial charge in [0, 0.05) is 31.2 Å². The van der Waals surface area contributed by atoms with Gasteiger partial charge in [-0.3, -0.25) is 14.5 Å². The van der Waals surface area contributed by atoms with Crippen LogP contribution >= 0.6 is 11.6 Å². The molecule has 0 aromatic heterocycles. The van der Waals surface area contributed by atoms with Crippen LogP contribution in [0.25, 0.3) is 10.8 Å². The molecule has 0 aliphatic carbocycles. The fraction of sp³-hybridized carbons (Fsp3) is 0.367. The van der Waals surface area contributed by atoms with Gasteiger partial charge in [0.25, 0.3) is 0 Å². The summed E-state index contributed by atoms with van der Waals surface area (Å²) >= 11 is 6.03. The molecule has 2 fully saturated rings. The molecule has 0 radical (unpaired) electrons. The Labute approximate surface area is 249 Å². The van der Waals surface area contributed by atoms with E-state index < -0.39 is 34.1 Å². The fourth-order valence-electron chi connectivity index (χ4n) is 5.75. The van der Waals surface area contributed by atoms with Crippen LogP contribution in [0.2, 0.25) is 5.02 Å². The quantitative estimate of drug-likeness (QED) is 0.397. The Morgan fingerprint density at radius 2 is 1.76 bits per heavy atom. The molecule has 2 N–H and O–H groups in total. The molecule has 0 saturated carbocycles. The van der Waals surface area contributed by atoms with Crippen molar-refractivity contribution in [2.24, 2.45) is 0 Å². The van der Waals surface area contributed by atoms with Crippen LogP contribution < -0.4 is 4.72 Å². The first-order valence-corrected chi connectivity index (χ1v) is 15.7. The Morgan fingerprint density at radius 1 is 1.05 bits per heavy atom. The number of likely N-dealkylation sites (tertiary alicyclic amines) is 2. The van der Waals surface area contributed by atoms with Crippen LogP contribution in [0.15, 0.2) is 71.6 Å². The van der Waals surface area contributed by atoms with E-state index in [0.29, 0.717) is 29.8 Å². The van der Waals surface area contributed by atoms with E-state index in [1.807, 2.05) is 30.3 Å². The van der Waals surface area contributed by atoms with E-state index in [-0.39, 0.29) is 42.9 Å². The molecule has 2 heterocycles. The number of fused-ring (bicyclic) bond motifs is 1. The van der Waals surface area contributed by atoms with Gasteiger partial charge >= 0.3 is 6.09 Å². The van der Waals surface area contributed by atoms with E-state index in [4.69, 9.17) is 11.6 Å². The summed E-state index contributed by atoms with van der Waals surface area (Å²) in [4.78, 5) is 43.3. The number of hydrogen-bond donors (Lipinski definition) is 2. The minimum absolute atomic E-state index is 0.0329.